The number of halogens is 1. The lowest BCUT2D eigenvalue weighted by Gasteiger charge is -2.12. The molecule has 0 aliphatic rings. The maximum Gasteiger partial charge on any atom is 0.138 e. The fourth-order valence-electron chi connectivity index (χ4n) is 2.35. The lowest BCUT2D eigenvalue weighted by atomic mass is 10.1. The van der Waals surface area contributed by atoms with Crippen molar-refractivity contribution in [3.63, 3.8) is 0 Å². The number of hydrogen-bond donors (Lipinski definition) is 1. The first-order chi connectivity index (χ1) is 10.1. The molecule has 4 heteroatoms. The second-order valence-electron chi connectivity index (χ2n) is 5.03. The van der Waals surface area contributed by atoms with E-state index in [2.05, 4.69) is 4.98 Å². The molecular weight excluding hydrogens is 284 g/mol. The van der Waals surface area contributed by atoms with Crippen molar-refractivity contribution < 1.29 is 4.74 Å². The lowest BCUT2D eigenvalue weighted by Crippen LogP contribution is -1.93. The molecule has 0 radical (unpaired) electrons. The van der Waals surface area contributed by atoms with Crippen LogP contribution in [0.2, 0.25) is 5.02 Å². The van der Waals surface area contributed by atoms with Crippen LogP contribution in [0.25, 0.3) is 10.9 Å². The number of pyridine rings is 1. The number of ether oxygens (including phenoxy) is 1. The zero-order valence-electron chi connectivity index (χ0n) is 11.9. The minimum Gasteiger partial charge on any atom is -0.457 e. The Hall–Kier alpha value is -2.26. The van der Waals surface area contributed by atoms with Gasteiger partial charge < -0.3 is 10.5 Å². The van der Waals surface area contributed by atoms with E-state index >= 15 is 0 Å². The van der Waals surface area contributed by atoms with Gasteiger partial charge in [-0.25, -0.2) is 0 Å². The van der Waals surface area contributed by atoms with Crippen molar-refractivity contribution in [3.05, 3.63) is 58.7 Å². The molecule has 3 rings (SSSR count). The second kappa shape index (κ2) is 5.26. The van der Waals surface area contributed by atoms with Gasteiger partial charge in [-0.1, -0.05) is 17.7 Å². The number of hydrogen-bond acceptors (Lipinski definition) is 3. The second-order valence-corrected chi connectivity index (χ2v) is 5.40. The lowest BCUT2D eigenvalue weighted by molar-refractivity contribution is 0.487. The molecule has 0 saturated heterocycles. The van der Waals surface area contributed by atoms with E-state index in [1.165, 1.54) is 0 Å². The van der Waals surface area contributed by atoms with Crippen molar-refractivity contribution in [2.75, 3.05) is 5.73 Å². The van der Waals surface area contributed by atoms with Gasteiger partial charge in [0.05, 0.1) is 11.2 Å². The Bertz CT molecular complexity index is 807. The van der Waals surface area contributed by atoms with Crippen LogP contribution < -0.4 is 10.5 Å². The Morgan fingerprint density at radius 3 is 2.52 bits per heavy atom. The molecule has 0 amide bonds. The number of nitrogen functional groups attached to an aromatic ring is 1. The van der Waals surface area contributed by atoms with E-state index in [0.29, 0.717) is 5.69 Å². The number of nitrogens with two attached hydrogens (primary N) is 1. The Morgan fingerprint density at radius 2 is 1.81 bits per heavy atom. The van der Waals surface area contributed by atoms with Crippen LogP contribution in [0.4, 0.5) is 5.69 Å². The third-order valence-electron chi connectivity index (χ3n) is 3.40. The van der Waals surface area contributed by atoms with Crippen LogP contribution >= 0.6 is 11.6 Å². The van der Waals surface area contributed by atoms with Crippen molar-refractivity contribution in [3.8, 4) is 11.5 Å². The largest absolute Gasteiger partial charge is 0.457 e. The van der Waals surface area contributed by atoms with E-state index in [9.17, 15) is 0 Å². The topological polar surface area (TPSA) is 48.1 Å². The first-order valence-electron chi connectivity index (χ1n) is 6.64. The van der Waals surface area contributed by atoms with Gasteiger partial charge in [0.2, 0.25) is 0 Å². The Balaban J connectivity index is 2.08. The molecule has 1 heterocycles. The highest BCUT2D eigenvalue weighted by atomic mass is 35.5. The van der Waals surface area contributed by atoms with E-state index < -0.39 is 0 Å². The number of nitrogens with zero attached hydrogens (tertiary/aromatic N) is 1. The minimum atomic E-state index is 0.640. The normalized spacial score (nSPS) is 10.8. The molecule has 2 N–H and O–H groups in total. The van der Waals surface area contributed by atoms with Gasteiger partial charge in [0.1, 0.15) is 11.5 Å². The summed E-state index contributed by atoms with van der Waals surface area (Å²) in [6.07, 6.45) is 1.70. The maximum atomic E-state index is 6.19. The standard InChI is InChI=1S/C17H15ClN2O/c1-10-8-12(9-11(2)16(10)18)21-15-6-7-20-17-13(15)4-3-5-14(17)19/h3-9H,19H2,1-2H3. The van der Waals surface area contributed by atoms with Gasteiger partial charge in [-0.2, -0.15) is 0 Å². The summed E-state index contributed by atoms with van der Waals surface area (Å²) in [7, 11) is 0. The van der Waals surface area contributed by atoms with Gasteiger partial charge >= 0.3 is 0 Å². The number of rotatable bonds is 2. The molecule has 0 unspecified atom stereocenters. The van der Waals surface area contributed by atoms with Crippen molar-refractivity contribution in [2.24, 2.45) is 0 Å². The summed E-state index contributed by atoms with van der Waals surface area (Å²) in [6, 6.07) is 11.4. The zero-order valence-corrected chi connectivity index (χ0v) is 12.6. The zero-order chi connectivity index (χ0) is 15.0. The van der Waals surface area contributed by atoms with Gasteiger partial charge in [-0.05, 0) is 55.3 Å². The Morgan fingerprint density at radius 1 is 1.10 bits per heavy atom. The highest BCUT2D eigenvalue weighted by Gasteiger charge is 2.08. The molecule has 0 fully saturated rings. The molecule has 1 aromatic heterocycles. The summed E-state index contributed by atoms with van der Waals surface area (Å²) in [5, 5.41) is 1.66. The summed E-state index contributed by atoms with van der Waals surface area (Å²) in [6.45, 7) is 3.93. The maximum absolute atomic E-state index is 6.19. The first-order valence-corrected chi connectivity index (χ1v) is 7.02. The number of anilines is 1. The smallest absolute Gasteiger partial charge is 0.138 e. The van der Waals surface area contributed by atoms with Crippen molar-refractivity contribution in [1.29, 1.82) is 0 Å². The molecule has 2 aromatic carbocycles. The fraction of sp³-hybridized carbons (Fsp3) is 0.118. The highest BCUT2D eigenvalue weighted by molar-refractivity contribution is 6.32. The molecule has 106 valence electrons. The quantitative estimate of drug-likeness (QED) is 0.686. The number of aromatic nitrogens is 1. The monoisotopic (exact) mass is 298 g/mol. The third kappa shape index (κ3) is 2.52. The van der Waals surface area contributed by atoms with E-state index in [-0.39, 0.29) is 0 Å². The molecule has 0 spiro atoms. The molecule has 3 aromatic rings. The number of benzene rings is 2. The van der Waals surface area contributed by atoms with E-state index in [1.54, 1.807) is 6.20 Å². The summed E-state index contributed by atoms with van der Waals surface area (Å²) in [4.78, 5) is 4.31. The van der Waals surface area contributed by atoms with Gasteiger partial charge in [-0.15, -0.1) is 0 Å². The van der Waals surface area contributed by atoms with Crippen molar-refractivity contribution in [2.45, 2.75) is 13.8 Å². The van der Waals surface area contributed by atoms with Crippen LogP contribution in [0.15, 0.2) is 42.6 Å². The van der Waals surface area contributed by atoms with Crippen LogP contribution in [0.3, 0.4) is 0 Å². The number of fused-ring (bicyclic) bond motifs is 1. The number of para-hydroxylation sites is 1. The Kier molecular flexibility index (Phi) is 3.43. The average Bonchev–Trinajstić information content (AvgIpc) is 2.46. The molecule has 3 nitrogen and oxygen atoms in total. The van der Waals surface area contributed by atoms with E-state index in [4.69, 9.17) is 22.1 Å². The predicted molar refractivity (Wildman–Crippen MR) is 87.2 cm³/mol. The van der Waals surface area contributed by atoms with Crippen LogP contribution in [-0.4, -0.2) is 4.98 Å². The van der Waals surface area contributed by atoms with Gasteiger partial charge in [-0.3, -0.25) is 4.98 Å². The molecule has 0 atom stereocenters. The fourth-order valence-corrected chi connectivity index (χ4v) is 2.46. The molecule has 0 aliphatic heterocycles. The van der Waals surface area contributed by atoms with Gasteiger partial charge in [0, 0.05) is 16.6 Å². The third-order valence-corrected chi connectivity index (χ3v) is 4.00. The van der Waals surface area contributed by atoms with Crippen LogP contribution in [0, 0.1) is 13.8 Å². The summed E-state index contributed by atoms with van der Waals surface area (Å²) in [5.41, 5.74) is 9.32. The van der Waals surface area contributed by atoms with Crippen molar-refractivity contribution >= 4 is 28.2 Å². The van der Waals surface area contributed by atoms with Gasteiger partial charge in [0.15, 0.2) is 0 Å². The molecule has 0 saturated carbocycles. The van der Waals surface area contributed by atoms with E-state index in [0.717, 1.165) is 38.6 Å². The SMILES string of the molecule is Cc1cc(Oc2ccnc3c(N)cccc23)cc(C)c1Cl. The van der Waals surface area contributed by atoms with Crippen LogP contribution in [0.1, 0.15) is 11.1 Å². The molecule has 0 bridgehead atoms. The molecular formula is C17H15ClN2O. The van der Waals surface area contributed by atoms with Gasteiger partial charge in [0.25, 0.3) is 0 Å². The van der Waals surface area contributed by atoms with E-state index in [1.807, 2.05) is 50.2 Å². The van der Waals surface area contributed by atoms with Crippen LogP contribution in [-0.2, 0) is 0 Å². The summed E-state index contributed by atoms with van der Waals surface area (Å²) >= 11 is 6.19. The Labute approximate surface area is 128 Å². The summed E-state index contributed by atoms with van der Waals surface area (Å²) in [5.74, 6) is 1.48. The summed E-state index contributed by atoms with van der Waals surface area (Å²) < 4.78 is 6.01. The first kappa shape index (κ1) is 13.7. The minimum absolute atomic E-state index is 0.640. The average molecular weight is 299 g/mol. The predicted octanol–water partition coefficient (Wildman–Crippen LogP) is 4.88. The van der Waals surface area contributed by atoms with Crippen molar-refractivity contribution in [1.82, 2.24) is 4.98 Å². The number of aryl methyl sites for hydroxylation is 2. The highest BCUT2D eigenvalue weighted by Crippen LogP contribution is 2.33. The molecule has 0 aliphatic carbocycles. The molecule has 21 heavy (non-hydrogen) atoms. The van der Waals surface area contributed by atoms with Crippen LogP contribution in [0.5, 0.6) is 11.5 Å².